The minimum atomic E-state index is -0.397. The fourth-order valence-electron chi connectivity index (χ4n) is 7.54. The second-order valence-electron chi connectivity index (χ2n) is 12.0. The smallest absolute Gasteiger partial charge is 0.275 e. The summed E-state index contributed by atoms with van der Waals surface area (Å²) in [5, 5.41) is 4.32. The van der Waals surface area contributed by atoms with Gasteiger partial charge in [0.05, 0.1) is 35.9 Å². The molecule has 0 unspecified atom stereocenters. The lowest BCUT2D eigenvalue weighted by molar-refractivity contribution is -0.143. The van der Waals surface area contributed by atoms with Crippen molar-refractivity contribution in [3.63, 3.8) is 0 Å². The number of pyridine rings is 1. The summed E-state index contributed by atoms with van der Waals surface area (Å²) in [6, 6.07) is 1.91. The van der Waals surface area contributed by atoms with Gasteiger partial charge in [0.25, 0.3) is 5.56 Å². The molecule has 1 amide bonds. The highest BCUT2D eigenvalue weighted by Crippen LogP contribution is 2.44. The zero-order chi connectivity index (χ0) is 27.6. The van der Waals surface area contributed by atoms with E-state index in [0.29, 0.717) is 49.8 Å². The molecule has 2 atom stereocenters. The molecule has 0 aromatic carbocycles. The summed E-state index contributed by atoms with van der Waals surface area (Å²) in [7, 11) is 0. The van der Waals surface area contributed by atoms with Gasteiger partial charge in [-0.3, -0.25) is 19.0 Å². The van der Waals surface area contributed by atoms with Gasteiger partial charge in [0.15, 0.2) is 5.78 Å². The second-order valence-corrected chi connectivity index (χ2v) is 13.1. The monoisotopic (exact) mass is 561 g/mol. The fourth-order valence-corrected chi connectivity index (χ4v) is 8.80. The van der Waals surface area contributed by atoms with Crippen LogP contribution in [0, 0.1) is 12.8 Å². The lowest BCUT2D eigenvalue weighted by atomic mass is 9.80. The predicted molar refractivity (Wildman–Crippen MR) is 154 cm³/mol. The number of ether oxygens (including phenoxy) is 1. The highest BCUT2D eigenvalue weighted by atomic mass is 32.1. The first-order valence-corrected chi connectivity index (χ1v) is 15.4. The van der Waals surface area contributed by atoms with Crippen LogP contribution in [0.25, 0.3) is 10.2 Å². The molecule has 40 heavy (non-hydrogen) atoms. The maximum Gasteiger partial charge on any atom is 0.275 e. The number of Topliss-reactive ketones (excluding diaryl/α,β-unsaturated/α-hetero) is 1. The molecule has 3 aromatic rings. The lowest BCUT2D eigenvalue weighted by Gasteiger charge is -2.36. The van der Waals surface area contributed by atoms with Crippen LogP contribution in [0.3, 0.4) is 0 Å². The number of ketones is 1. The molecule has 4 aliphatic rings. The van der Waals surface area contributed by atoms with E-state index in [4.69, 9.17) is 4.74 Å². The molecule has 3 aromatic heterocycles. The van der Waals surface area contributed by atoms with Crippen LogP contribution >= 0.6 is 11.3 Å². The summed E-state index contributed by atoms with van der Waals surface area (Å²) in [4.78, 5) is 53.6. The van der Waals surface area contributed by atoms with Crippen molar-refractivity contribution in [2.75, 3.05) is 25.1 Å². The Hall–Kier alpha value is -3.11. The maximum atomic E-state index is 14.0. The SMILES string of the molecule is Cc1cc(Nc2ncnc3sc4c(c23)CC[C@H](C(=O)N2CCOC[C@H]2C)C4)c(=O)n2c1C(=O)CC21CCCCC1. The largest absolute Gasteiger partial charge is 0.377 e. The van der Waals surface area contributed by atoms with Crippen LogP contribution in [-0.4, -0.2) is 56.9 Å². The van der Waals surface area contributed by atoms with Gasteiger partial charge < -0.3 is 15.0 Å². The first kappa shape index (κ1) is 25.8. The average Bonchev–Trinajstić information content (AvgIpc) is 3.46. The van der Waals surface area contributed by atoms with Crippen LogP contribution in [0.1, 0.15) is 78.4 Å². The van der Waals surface area contributed by atoms with E-state index in [2.05, 4.69) is 15.3 Å². The van der Waals surface area contributed by atoms with Gasteiger partial charge >= 0.3 is 0 Å². The van der Waals surface area contributed by atoms with Crippen molar-refractivity contribution in [2.24, 2.45) is 5.92 Å². The summed E-state index contributed by atoms with van der Waals surface area (Å²) in [5.74, 6) is 0.873. The van der Waals surface area contributed by atoms with Gasteiger partial charge in [0.1, 0.15) is 22.7 Å². The van der Waals surface area contributed by atoms with Crippen LogP contribution in [0.4, 0.5) is 11.5 Å². The molecule has 2 aliphatic heterocycles. The molecule has 2 fully saturated rings. The average molecular weight is 562 g/mol. The number of amides is 1. The minimum absolute atomic E-state index is 0.0429. The van der Waals surface area contributed by atoms with E-state index in [1.165, 1.54) is 16.8 Å². The number of thiophene rings is 1. The third kappa shape index (κ3) is 4.02. The van der Waals surface area contributed by atoms with Crippen molar-refractivity contribution in [2.45, 2.75) is 83.2 Å². The number of hydrogen-bond acceptors (Lipinski definition) is 8. The van der Waals surface area contributed by atoms with Gasteiger partial charge in [-0.25, -0.2) is 9.97 Å². The number of fused-ring (bicyclic) bond motifs is 5. The van der Waals surface area contributed by atoms with Crippen LogP contribution in [-0.2, 0) is 27.9 Å². The zero-order valence-electron chi connectivity index (χ0n) is 23.1. The number of morpholine rings is 1. The Morgan fingerprint density at radius 1 is 1.20 bits per heavy atom. The Balaban J connectivity index is 1.23. The molecule has 0 radical (unpaired) electrons. The molecular formula is C30H35N5O4S. The third-order valence-electron chi connectivity index (χ3n) is 9.50. The number of nitrogens with one attached hydrogen (secondary N) is 1. The molecule has 2 aliphatic carbocycles. The number of hydrogen-bond donors (Lipinski definition) is 1. The van der Waals surface area contributed by atoms with Gasteiger partial charge in [-0.2, -0.15) is 0 Å². The topological polar surface area (TPSA) is 106 Å². The number of aromatic nitrogens is 3. The number of rotatable bonds is 3. The van der Waals surface area contributed by atoms with Crippen LogP contribution in [0.2, 0.25) is 0 Å². The van der Waals surface area contributed by atoms with Crippen molar-refractivity contribution in [3.8, 4) is 0 Å². The van der Waals surface area contributed by atoms with Crippen molar-refractivity contribution in [1.29, 1.82) is 0 Å². The van der Waals surface area contributed by atoms with E-state index in [-0.39, 0.29) is 29.2 Å². The van der Waals surface area contributed by atoms with Crippen molar-refractivity contribution in [3.05, 3.63) is 44.4 Å². The molecule has 9 nitrogen and oxygen atoms in total. The van der Waals surface area contributed by atoms with E-state index < -0.39 is 5.54 Å². The molecule has 1 saturated carbocycles. The summed E-state index contributed by atoms with van der Waals surface area (Å²) in [6.07, 6.45) is 9.17. The first-order chi connectivity index (χ1) is 19.4. The summed E-state index contributed by atoms with van der Waals surface area (Å²) < 4.78 is 7.35. The minimum Gasteiger partial charge on any atom is -0.377 e. The Labute approximate surface area is 236 Å². The number of aryl methyl sites for hydroxylation is 2. The van der Waals surface area contributed by atoms with Crippen LogP contribution in [0.15, 0.2) is 17.2 Å². The second kappa shape index (κ2) is 9.76. The van der Waals surface area contributed by atoms with Gasteiger partial charge in [-0.05, 0) is 63.1 Å². The summed E-state index contributed by atoms with van der Waals surface area (Å²) >= 11 is 1.62. The number of carbonyl (C=O) groups excluding carboxylic acids is 2. The molecule has 10 heteroatoms. The Kier molecular flexibility index (Phi) is 6.31. The molecule has 1 saturated heterocycles. The number of carbonyl (C=O) groups is 2. The normalized spacial score (nSPS) is 23.9. The zero-order valence-corrected chi connectivity index (χ0v) is 23.9. The summed E-state index contributed by atoms with van der Waals surface area (Å²) in [5.41, 5.74) is 2.49. The van der Waals surface area contributed by atoms with Crippen molar-refractivity contribution < 1.29 is 14.3 Å². The van der Waals surface area contributed by atoms with Crippen molar-refractivity contribution >= 4 is 44.7 Å². The Bertz CT molecular complexity index is 1590. The van der Waals surface area contributed by atoms with Crippen LogP contribution in [0.5, 0.6) is 0 Å². The number of anilines is 2. The quantitative estimate of drug-likeness (QED) is 0.502. The first-order valence-electron chi connectivity index (χ1n) is 14.6. The van der Waals surface area contributed by atoms with E-state index in [1.54, 1.807) is 17.4 Å². The van der Waals surface area contributed by atoms with Gasteiger partial charge in [0, 0.05) is 23.8 Å². The maximum absolute atomic E-state index is 14.0. The highest BCUT2D eigenvalue weighted by molar-refractivity contribution is 7.19. The standard InChI is InChI=1S/C30H35N5O4S/c1-17-12-21(29(38)35-25(17)22(36)14-30(35)8-4-3-5-9-30)33-26-24-20-7-6-19(13-23(20)40-27(24)32-16-31-26)28(37)34-10-11-39-15-18(34)2/h12,16,18-19H,3-11,13-15H2,1-2H3,(H,31,32,33)/t18-,19+/m1/s1. The molecule has 0 bridgehead atoms. The van der Waals surface area contributed by atoms with Crippen LogP contribution < -0.4 is 10.9 Å². The van der Waals surface area contributed by atoms with Crippen molar-refractivity contribution in [1.82, 2.24) is 19.4 Å². The molecule has 1 N–H and O–H groups in total. The van der Waals surface area contributed by atoms with E-state index in [0.717, 1.165) is 60.7 Å². The molecule has 210 valence electrons. The van der Waals surface area contributed by atoms with E-state index in [9.17, 15) is 14.4 Å². The highest BCUT2D eigenvalue weighted by Gasteiger charge is 2.45. The molecule has 7 rings (SSSR count). The van der Waals surface area contributed by atoms with E-state index >= 15 is 0 Å². The van der Waals surface area contributed by atoms with Gasteiger partial charge in [0.2, 0.25) is 5.91 Å². The molecular weight excluding hydrogens is 526 g/mol. The Morgan fingerprint density at radius 3 is 2.83 bits per heavy atom. The third-order valence-corrected chi connectivity index (χ3v) is 10.7. The van der Waals surface area contributed by atoms with Gasteiger partial charge in [-0.15, -0.1) is 11.3 Å². The lowest BCUT2D eigenvalue weighted by Crippen LogP contribution is -2.50. The predicted octanol–water partition coefficient (Wildman–Crippen LogP) is 4.50. The molecule has 5 heterocycles. The van der Waals surface area contributed by atoms with Gasteiger partial charge in [-0.1, -0.05) is 19.3 Å². The molecule has 1 spiro atoms. The summed E-state index contributed by atoms with van der Waals surface area (Å²) in [6.45, 7) is 5.81. The Morgan fingerprint density at radius 2 is 2.02 bits per heavy atom. The number of nitrogens with zero attached hydrogens (tertiary/aromatic N) is 4. The fraction of sp³-hybridized carbons (Fsp3) is 0.567. The van der Waals surface area contributed by atoms with E-state index in [1.807, 2.05) is 23.3 Å².